The SMILES string of the molecule is O=C1CCN(C(=O)C2(c3ccccc3)CCCCC2)CCN1Cc1cccnc1. The van der Waals surface area contributed by atoms with Crippen LogP contribution >= 0.6 is 0 Å². The summed E-state index contributed by atoms with van der Waals surface area (Å²) in [4.78, 5) is 34.4. The Hall–Kier alpha value is -2.69. The van der Waals surface area contributed by atoms with Crippen LogP contribution in [0.5, 0.6) is 0 Å². The maximum Gasteiger partial charge on any atom is 0.233 e. The number of hydrogen-bond donors (Lipinski definition) is 0. The molecule has 0 bridgehead atoms. The minimum atomic E-state index is -0.429. The van der Waals surface area contributed by atoms with Gasteiger partial charge < -0.3 is 9.80 Å². The number of aromatic nitrogens is 1. The Kier molecular flexibility index (Phi) is 5.93. The number of hydrogen-bond acceptors (Lipinski definition) is 3. The molecule has 1 aromatic heterocycles. The zero-order chi connectivity index (χ0) is 20.1. The van der Waals surface area contributed by atoms with Crippen LogP contribution in [-0.2, 0) is 21.5 Å². The molecule has 2 aliphatic rings. The minimum Gasteiger partial charge on any atom is -0.340 e. The molecule has 2 heterocycles. The zero-order valence-corrected chi connectivity index (χ0v) is 16.9. The van der Waals surface area contributed by atoms with Gasteiger partial charge in [-0.25, -0.2) is 0 Å². The largest absolute Gasteiger partial charge is 0.340 e. The number of amides is 2. The van der Waals surface area contributed by atoms with E-state index in [4.69, 9.17) is 0 Å². The molecule has 0 N–H and O–H groups in total. The lowest BCUT2D eigenvalue weighted by molar-refractivity contribution is -0.138. The quantitative estimate of drug-likeness (QED) is 0.801. The molecule has 5 nitrogen and oxygen atoms in total. The lowest BCUT2D eigenvalue weighted by Crippen LogP contribution is -2.49. The molecular formula is C24H29N3O2. The first kappa shape index (κ1) is 19.6. The molecule has 0 unspecified atom stereocenters. The molecule has 4 rings (SSSR count). The van der Waals surface area contributed by atoms with Crippen LogP contribution in [0.25, 0.3) is 0 Å². The Bertz CT molecular complexity index is 832. The van der Waals surface area contributed by atoms with Gasteiger partial charge in [0.1, 0.15) is 0 Å². The number of carbonyl (C=O) groups is 2. The van der Waals surface area contributed by atoms with Gasteiger partial charge in [-0.15, -0.1) is 0 Å². The second kappa shape index (κ2) is 8.76. The molecule has 2 fully saturated rings. The van der Waals surface area contributed by atoms with Crippen LogP contribution in [0.15, 0.2) is 54.9 Å². The average molecular weight is 392 g/mol. The van der Waals surface area contributed by atoms with Gasteiger partial charge in [0.15, 0.2) is 0 Å². The fourth-order valence-electron chi connectivity index (χ4n) is 4.79. The predicted molar refractivity (Wildman–Crippen MR) is 112 cm³/mol. The lowest BCUT2D eigenvalue weighted by atomic mass is 9.68. The topological polar surface area (TPSA) is 53.5 Å². The zero-order valence-electron chi connectivity index (χ0n) is 16.9. The first-order chi connectivity index (χ1) is 14.2. The van der Waals surface area contributed by atoms with Gasteiger partial charge in [0, 0.05) is 45.0 Å². The third kappa shape index (κ3) is 4.19. The highest BCUT2D eigenvalue weighted by Crippen LogP contribution is 2.41. The molecule has 29 heavy (non-hydrogen) atoms. The van der Waals surface area contributed by atoms with Crippen LogP contribution in [0.1, 0.15) is 49.7 Å². The Balaban J connectivity index is 1.51. The van der Waals surface area contributed by atoms with E-state index in [1.165, 1.54) is 6.42 Å². The van der Waals surface area contributed by atoms with E-state index in [2.05, 4.69) is 17.1 Å². The third-order valence-corrected chi connectivity index (χ3v) is 6.41. The van der Waals surface area contributed by atoms with E-state index >= 15 is 0 Å². The second-order valence-electron chi connectivity index (χ2n) is 8.23. The van der Waals surface area contributed by atoms with Gasteiger partial charge in [-0.2, -0.15) is 0 Å². The van der Waals surface area contributed by atoms with Crippen molar-refractivity contribution in [3.63, 3.8) is 0 Å². The summed E-state index contributed by atoms with van der Waals surface area (Å²) in [6.45, 7) is 2.23. The highest BCUT2D eigenvalue weighted by molar-refractivity contribution is 5.89. The van der Waals surface area contributed by atoms with Crippen LogP contribution in [0, 0.1) is 0 Å². The number of carbonyl (C=O) groups excluding carboxylic acids is 2. The van der Waals surface area contributed by atoms with Gasteiger partial charge >= 0.3 is 0 Å². The van der Waals surface area contributed by atoms with E-state index in [9.17, 15) is 9.59 Å². The Morgan fingerprint density at radius 1 is 0.966 bits per heavy atom. The summed E-state index contributed by atoms with van der Waals surface area (Å²) >= 11 is 0. The number of nitrogens with zero attached hydrogens (tertiary/aromatic N) is 3. The fraction of sp³-hybridized carbons (Fsp3) is 0.458. The molecule has 1 aromatic carbocycles. The molecule has 0 atom stereocenters. The molecule has 1 saturated heterocycles. The number of rotatable bonds is 4. The standard InChI is InChI=1S/C24H29N3O2/c28-22-11-15-26(16-17-27(22)19-20-8-7-14-25-18-20)23(29)24(12-5-2-6-13-24)21-9-3-1-4-10-21/h1,3-4,7-10,14,18H,2,5-6,11-13,15-17,19H2. The van der Waals surface area contributed by atoms with Crippen molar-refractivity contribution in [3.05, 3.63) is 66.0 Å². The van der Waals surface area contributed by atoms with Crippen LogP contribution in [0.3, 0.4) is 0 Å². The number of pyridine rings is 1. The monoisotopic (exact) mass is 391 g/mol. The van der Waals surface area contributed by atoms with Crippen molar-refractivity contribution in [2.24, 2.45) is 0 Å². The molecule has 0 radical (unpaired) electrons. The maximum absolute atomic E-state index is 13.8. The summed E-state index contributed by atoms with van der Waals surface area (Å²) in [5.41, 5.74) is 1.72. The van der Waals surface area contributed by atoms with Crippen LogP contribution in [0.4, 0.5) is 0 Å². The lowest BCUT2D eigenvalue weighted by Gasteiger charge is -2.40. The molecule has 2 aromatic rings. The first-order valence-electron chi connectivity index (χ1n) is 10.7. The molecule has 1 aliphatic heterocycles. The Morgan fingerprint density at radius 2 is 1.76 bits per heavy atom. The van der Waals surface area contributed by atoms with E-state index in [0.29, 0.717) is 32.6 Å². The molecule has 1 aliphatic carbocycles. The van der Waals surface area contributed by atoms with E-state index in [1.807, 2.05) is 40.1 Å². The summed E-state index contributed by atoms with van der Waals surface area (Å²) in [6, 6.07) is 14.1. The van der Waals surface area contributed by atoms with Crippen molar-refractivity contribution >= 4 is 11.8 Å². The van der Waals surface area contributed by atoms with Gasteiger partial charge in [0.05, 0.1) is 5.41 Å². The summed E-state index contributed by atoms with van der Waals surface area (Å²) < 4.78 is 0. The maximum atomic E-state index is 13.8. The Morgan fingerprint density at radius 3 is 2.48 bits per heavy atom. The second-order valence-corrected chi connectivity index (χ2v) is 8.23. The Labute approximate surface area is 172 Å². The van der Waals surface area contributed by atoms with Crippen molar-refractivity contribution in [1.29, 1.82) is 0 Å². The van der Waals surface area contributed by atoms with E-state index in [0.717, 1.165) is 36.8 Å². The highest BCUT2D eigenvalue weighted by atomic mass is 16.2. The van der Waals surface area contributed by atoms with E-state index in [-0.39, 0.29) is 11.8 Å². The molecule has 2 amide bonds. The number of benzene rings is 1. The van der Waals surface area contributed by atoms with Crippen molar-refractivity contribution in [3.8, 4) is 0 Å². The van der Waals surface area contributed by atoms with Crippen LogP contribution < -0.4 is 0 Å². The normalized spacial score (nSPS) is 19.7. The molecule has 152 valence electrons. The molecule has 0 spiro atoms. The van der Waals surface area contributed by atoms with Crippen molar-refractivity contribution in [1.82, 2.24) is 14.8 Å². The summed E-state index contributed by atoms with van der Waals surface area (Å²) in [6.07, 6.45) is 9.09. The molecule has 5 heteroatoms. The van der Waals surface area contributed by atoms with Crippen molar-refractivity contribution in [2.45, 2.75) is 50.5 Å². The predicted octanol–water partition coefficient (Wildman–Crippen LogP) is 3.54. The van der Waals surface area contributed by atoms with Gasteiger partial charge in [-0.1, -0.05) is 55.7 Å². The van der Waals surface area contributed by atoms with Crippen LogP contribution in [0.2, 0.25) is 0 Å². The van der Waals surface area contributed by atoms with Gasteiger partial charge in [-0.3, -0.25) is 14.6 Å². The van der Waals surface area contributed by atoms with Gasteiger partial charge in [0.2, 0.25) is 11.8 Å². The van der Waals surface area contributed by atoms with Crippen LogP contribution in [-0.4, -0.2) is 46.2 Å². The molecule has 1 saturated carbocycles. The third-order valence-electron chi connectivity index (χ3n) is 6.41. The highest BCUT2D eigenvalue weighted by Gasteiger charge is 2.43. The van der Waals surface area contributed by atoms with Gasteiger partial charge in [0.25, 0.3) is 0 Å². The van der Waals surface area contributed by atoms with Crippen molar-refractivity contribution < 1.29 is 9.59 Å². The van der Waals surface area contributed by atoms with Crippen molar-refractivity contribution in [2.75, 3.05) is 19.6 Å². The average Bonchev–Trinajstić information content (AvgIpc) is 2.97. The molecular weight excluding hydrogens is 362 g/mol. The van der Waals surface area contributed by atoms with E-state index in [1.54, 1.807) is 12.4 Å². The van der Waals surface area contributed by atoms with Gasteiger partial charge in [-0.05, 0) is 30.0 Å². The summed E-state index contributed by atoms with van der Waals surface area (Å²) in [5, 5.41) is 0. The fourth-order valence-corrected chi connectivity index (χ4v) is 4.79. The summed E-state index contributed by atoms with van der Waals surface area (Å²) in [5.74, 6) is 0.320. The van der Waals surface area contributed by atoms with E-state index < -0.39 is 5.41 Å². The smallest absolute Gasteiger partial charge is 0.233 e. The first-order valence-corrected chi connectivity index (χ1v) is 10.7. The minimum absolute atomic E-state index is 0.113. The summed E-state index contributed by atoms with van der Waals surface area (Å²) in [7, 11) is 0.